The van der Waals surface area contributed by atoms with Crippen LogP contribution in [0.15, 0.2) is 17.3 Å². The molecular weight excluding hydrogens is 276 g/mol. The molecule has 6 nitrogen and oxygen atoms in total. The van der Waals surface area contributed by atoms with Crippen LogP contribution in [0.5, 0.6) is 0 Å². The zero-order valence-electron chi connectivity index (χ0n) is 11.3. The van der Waals surface area contributed by atoms with Crippen LogP contribution in [0.1, 0.15) is 19.3 Å². The van der Waals surface area contributed by atoms with Crippen LogP contribution < -0.4 is 10.5 Å². The number of aromatic nitrogens is 2. The Morgan fingerprint density at radius 2 is 2.05 bits per heavy atom. The summed E-state index contributed by atoms with van der Waals surface area (Å²) in [5.41, 5.74) is 5.44. The number of hydrogen-bond acceptors (Lipinski definition) is 4. The highest BCUT2D eigenvalue weighted by molar-refractivity contribution is 7.89. The predicted octanol–water partition coefficient (Wildman–Crippen LogP) is 0.165. The molecule has 1 heterocycles. The van der Waals surface area contributed by atoms with E-state index in [2.05, 4.69) is 9.82 Å². The van der Waals surface area contributed by atoms with Crippen LogP contribution in [-0.4, -0.2) is 30.8 Å². The van der Waals surface area contributed by atoms with Gasteiger partial charge in [0.1, 0.15) is 4.90 Å². The first-order valence-corrected chi connectivity index (χ1v) is 8.83. The Hall–Kier alpha value is -0.920. The SMILES string of the molecule is NCCn1cc(S(=O)(=O)NC2C3C4CCC(C4)C23)cn1. The van der Waals surface area contributed by atoms with E-state index < -0.39 is 10.0 Å². The van der Waals surface area contributed by atoms with Crippen molar-refractivity contribution in [1.29, 1.82) is 0 Å². The fourth-order valence-corrected chi connectivity index (χ4v) is 5.72. The van der Waals surface area contributed by atoms with E-state index in [-0.39, 0.29) is 10.9 Å². The molecule has 0 spiro atoms. The number of nitrogens with zero attached hydrogens (tertiary/aromatic N) is 2. The van der Waals surface area contributed by atoms with E-state index in [1.165, 1.54) is 25.5 Å². The highest BCUT2D eigenvalue weighted by Gasteiger charge is 2.65. The average molecular weight is 296 g/mol. The number of hydrogen-bond donors (Lipinski definition) is 2. The first-order chi connectivity index (χ1) is 9.60. The molecule has 3 fully saturated rings. The predicted molar refractivity (Wildman–Crippen MR) is 73.2 cm³/mol. The zero-order chi connectivity index (χ0) is 13.9. The Labute approximate surface area is 118 Å². The van der Waals surface area contributed by atoms with Gasteiger partial charge in [0, 0.05) is 18.8 Å². The molecule has 0 aliphatic heterocycles. The minimum absolute atomic E-state index is 0.170. The van der Waals surface area contributed by atoms with Gasteiger partial charge in [-0.15, -0.1) is 0 Å². The van der Waals surface area contributed by atoms with Crippen LogP contribution in [-0.2, 0) is 16.6 Å². The standard InChI is InChI=1S/C13H20N4O2S/c14-3-4-17-7-10(6-15-17)20(18,19)16-13-11-8-1-2-9(5-8)12(11)13/h6-9,11-13,16H,1-5,14H2. The van der Waals surface area contributed by atoms with Crippen LogP contribution >= 0.6 is 0 Å². The summed E-state index contributed by atoms with van der Waals surface area (Å²) in [4.78, 5) is 0.253. The van der Waals surface area contributed by atoms with Crippen LogP contribution in [0.2, 0.25) is 0 Å². The third-order valence-electron chi connectivity index (χ3n) is 5.30. The molecule has 3 aliphatic rings. The monoisotopic (exact) mass is 296 g/mol. The topological polar surface area (TPSA) is 90.0 Å². The van der Waals surface area contributed by atoms with Gasteiger partial charge in [0.25, 0.3) is 0 Å². The molecule has 1 aromatic rings. The van der Waals surface area contributed by atoms with E-state index in [1.807, 2.05) is 0 Å². The van der Waals surface area contributed by atoms with Gasteiger partial charge >= 0.3 is 0 Å². The van der Waals surface area contributed by atoms with Crippen LogP contribution in [0.3, 0.4) is 0 Å². The molecule has 3 saturated carbocycles. The number of sulfonamides is 1. The molecule has 3 aliphatic carbocycles. The Kier molecular flexibility index (Phi) is 2.74. The van der Waals surface area contributed by atoms with E-state index in [9.17, 15) is 8.42 Å². The summed E-state index contributed by atoms with van der Waals surface area (Å²) in [6.45, 7) is 0.985. The molecule has 7 heteroatoms. The van der Waals surface area contributed by atoms with E-state index in [0.29, 0.717) is 24.9 Å². The van der Waals surface area contributed by atoms with Crippen molar-refractivity contribution >= 4 is 10.0 Å². The zero-order valence-corrected chi connectivity index (χ0v) is 12.1. The molecule has 4 unspecified atom stereocenters. The van der Waals surface area contributed by atoms with Gasteiger partial charge in [0.2, 0.25) is 10.0 Å². The first kappa shape index (κ1) is 12.8. The lowest BCUT2D eigenvalue weighted by atomic mass is 10.0. The quantitative estimate of drug-likeness (QED) is 0.810. The molecule has 4 rings (SSSR count). The Balaban J connectivity index is 1.48. The first-order valence-electron chi connectivity index (χ1n) is 7.35. The molecule has 20 heavy (non-hydrogen) atoms. The number of nitrogens with two attached hydrogens (primary N) is 1. The van der Waals surface area contributed by atoms with E-state index in [1.54, 1.807) is 10.9 Å². The maximum Gasteiger partial charge on any atom is 0.243 e. The van der Waals surface area contributed by atoms with Gasteiger partial charge < -0.3 is 5.73 Å². The Morgan fingerprint density at radius 3 is 2.70 bits per heavy atom. The highest BCUT2D eigenvalue weighted by atomic mass is 32.2. The highest BCUT2D eigenvalue weighted by Crippen LogP contribution is 2.65. The van der Waals surface area contributed by atoms with E-state index in [4.69, 9.17) is 5.73 Å². The van der Waals surface area contributed by atoms with Gasteiger partial charge in [-0.05, 0) is 42.9 Å². The number of fused-ring (bicyclic) bond motifs is 5. The number of nitrogens with one attached hydrogen (secondary N) is 1. The molecular formula is C13H20N4O2S. The largest absolute Gasteiger partial charge is 0.329 e. The molecule has 0 saturated heterocycles. The summed E-state index contributed by atoms with van der Waals surface area (Å²) in [5, 5.41) is 4.03. The van der Waals surface area contributed by atoms with E-state index >= 15 is 0 Å². The maximum atomic E-state index is 12.4. The lowest BCUT2D eigenvalue weighted by Gasteiger charge is -2.10. The second-order valence-electron chi connectivity index (χ2n) is 6.36. The summed E-state index contributed by atoms with van der Waals surface area (Å²) in [6.07, 6.45) is 6.87. The average Bonchev–Trinajstić information content (AvgIpc) is 2.84. The van der Waals surface area contributed by atoms with Crippen molar-refractivity contribution in [2.24, 2.45) is 29.4 Å². The molecule has 3 N–H and O–H groups in total. The molecule has 0 amide bonds. The normalized spacial score (nSPS) is 38.1. The smallest absolute Gasteiger partial charge is 0.243 e. The van der Waals surface area contributed by atoms with Gasteiger partial charge in [-0.25, -0.2) is 13.1 Å². The third kappa shape index (κ3) is 1.83. The molecule has 2 bridgehead atoms. The fraction of sp³-hybridized carbons (Fsp3) is 0.769. The summed E-state index contributed by atoms with van der Waals surface area (Å²) in [5.74, 6) is 2.72. The summed E-state index contributed by atoms with van der Waals surface area (Å²) in [7, 11) is -3.43. The third-order valence-corrected chi connectivity index (χ3v) is 6.72. The minimum Gasteiger partial charge on any atom is -0.329 e. The van der Waals surface area contributed by atoms with Crippen molar-refractivity contribution in [2.45, 2.75) is 36.7 Å². The van der Waals surface area contributed by atoms with Crippen molar-refractivity contribution in [2.75, 3.05) is 6.54 Å². The van der Waals surface area contributed by atoms with Gasteiger partial charge in [-0.2, -0.15) is 5.10 Å². The second-order valence-corrected chi connectivity index (χ2v) is 8.08. The van der Waals surface area contributed by atoms with Gasteiger partial charge in [-0.3, -0.25) is 4.68 Å². The Bertz CT molecular complexity index is 610. The molecule has 110 valence electrons. The van der Waals surface area contributed by atoms with Gasteiger partial charge in [0.05, 0.1) is 12.7 Å². The lowest BCUT2D eigenvalue weighted by molar-refractivity contribution is 0.456. The lowest BCUT2D eigenvalue weighted by Crippen LogP contribution is -2.29. The van der Waals surface area contributed by atoms with Crippen LogP contribution in [0, 0.1) is 23.7 Å². The molecule has 4 atom stereocenters. The maximum absolute atomic E-state index is 12.4. The number of rotatable bonds is 5. The van der Waals surface area contributed by atoms with Crippen molar-refractivity contribution in [1.82, 2.24) is 14.5 Å². The molecule has 0 aromatic carbocycles. The van der Waals surface area contributed by atoms with Crippen molar-refractivity contribution in [3.05, 3.63) is 12.4 Å². The van der Waals surface area contributed by atoms with Crippen LogP contribution in [0.4, 0.5) is 0 Å². The van der Waals surface area contributed by atoms with E-state index in [0.717, 1.165) is 11.8 Å². The summed E-state index contributed by atoms with van der Waals surface area (Å²) in [6, 6.07) is 0.170. The minimum atomic E-state index is -3.43. The fourth-order valence-electron chi connectivity index (χ4n) is 4.47. The second kappa shape index (κ2) is 4.29. The Morgan fingerprint density at radius 1 is 1.35 bits per heavy atom. The summed E-state index contributed by atoms with van der Waals surface area (Å²) >= 11 is 0. The van der Waals surface area contributed by atoms with Crippen molar-refractivity contribution in [3.8, 4) is 0 Å². The molecule has 1 aromatic heterocycles. The van der Waals surface area contributed by atoms with Gasteiger partial charge in [0.15, 0.2) is 0 Å². The van der Waals surface area contributed by atoms with Crippen LogP contribution in [0.25, 0.3) is 0 Å². The van der Waals surface area contributed by atoms with Crippen molar-refractivity contribution in [3.63, 3.8) is 0 Å². The molecule has 0 radical (unpaired) electrons. The summed E-state index contributed by atoms with van der Waals surface area (Å²) < 4.78 is 29.2. The van der Waals surface area contributed by atoms with Gasteiger partial charge in [-0.1, -0.05) is 0 Å². The van der Waals surface area contributed by atoms with Crippen molar-refractivity contribution < 1.29 is 8.42 Å².